The molecule has 0 aliphatic rings. The Labute approximate surface area is 201 Å². The fourth-order valence-electron chi connectivity index (χ4n) is 3.25. The van der Waals surface area contributed by atoms with Crippen LogP contribution in [0.3, 0.4) is 0 Å². The van der Waals surface area contributed by atoms with Crippen molar-refractivity contribution >= 4 is 38.9 Å². The Morgan fingerprint density at radius 3 is 2.18 bits per heavy atom. The maximum atomic E-state index is 12.7. The average Bonchev–Trinajstić information content (AvgIpc) is 2.83. The van der Waals surface area contributed by atoms with E-state index in [0.29, 0.717) is 22.0 Å². The largest absolute Gasteiger partial charge is 0.321 e. The van der Waals surface area contributed by atoms with Crippen LogP contribution in [-0.4, -0.2) is 18.9 Å². The number of hydrogen-bond donors (Lipinski definition) is 2. The van der Waals surface area contributed by atoms with E-state index < -0.39 is 15.9 Å². The molecule has 0 saturated heterocycles. The summed E-state index contributed by atoms with van der Waals surface area (Å²) in [4.78, 5) is 25.1. The minimum atomic E-state index is -3.73. The van der Waals surface area contributed by atoms with Crippen molar-refractivity contribution in [3.8, 4) is 0 Å². The predicted octanol–water partition coefficient (Wildman–Crippen LogP) is 4.60. The van der Waals surface area contributed by atoms with E-state index in [1.165, 1.54) is 53.1 Å². The maximum absolute atomic E-state index is 12.7. The minimum absolute atomic E-state index is 0.142. The number of anilines is 2. The first-order chi connectivity index (χ1) is 16.3. The first kappa shape index (κ1) is 23.3. The van der Waals surface area contributed by atoms with Gasteiger partial charge in [0.2, 0.25) is 0 Å². The highest BCUT2D eigenvalue weighted by Gasteiger charge is 2.14. The molecular formula is C25H20ClN3O4S. The van der Waals surface area contributed by atoms with Crippen LogP contribution in [0.2, 0.25) is 5.02 Å². The molecule has 1 amide bonds. The molecule has 1 heterocycles. The lowest BCUT2D eigenvalue weighted by Crippen LogP contribution is -2.21. The van der Waals surface area contributed by atoms with E-state index in [1.807, 2.05) is 18.2 Å². The fraction of sp³-hybridized carbons (Fsp3) is 0.0400. The number of sulfonamides is 1. The Morgan fingerprint density at radius 1 is 0.824 bits per heavy atom. The molecule has 0 aliphatic carbocycles. The molecule has 1 aromatic heterocycles. The third-order valence-electron chi connectivity index (χ3n) is 4.99. The molecule has 0 spiro atoms. The van der Waals surface area contributed by atoms with Crippen molar-refractivity contribution in [1.82, 2.24) is 4.57 Å². The van der Waals surface area contributed by atoms with Gasteiger partial charge in [-0.2, -0.15) is 0 Å². The third-order valence-corrected chi connectivity index (χ3v) is 6.76. The number of halogens is 1. The standard InChI is InChI=1S/C25H20ClN3O4S/c26-23-9-5-4-6-19(23)16-29-17-21(14-15-24(29)30)27-25(31)18-10-12-20(13-11-18)28-34(32,33)22-7-2-1-3-8-22/h1-15,17,28H,16H2,(H,27,31). The Kier molecular flexibility index (Phi) is 6.81. The zero-order valence-corrected chi connectivity index (χ0v) is 19.4. The molecule has 0 atom stereocenters. The topological polar surface area (TPSA) is 97.3 Å². The van der Waals surface area contributed by atoms with Crippen LogP contribution in [0, 0.1) is 0 Å². The Morgan fingerprint density at radius 2 is 1.47 bits per heavy atom. The van der Waals surface area contributed by atoms with Gasteiger partial charge < -0.3 is 9.88 Å². The zero-order chi connectivity index (χ0) is 24.1. The lowest BCUT2D eigenvalue weighted by molar-refractivity contribution is 0.102. The Hall–Kier alpha value is -3.88. The second-order valence-corrected chi connectivity index (χ2v) is 9.51. The fourth-order valence-corrected chi connectivity index (χ4v) is 4.52. The molecule has 172 valence electrons. The van der Waals surface area contributed by atoms with Gasteiger partial charge in [-0.3, -0.25) is 14.3 Å². The van der Waals surface area contributed by atoms with E-state index in [1.54, 1.807) is 30.5 Å². The van der Waals surface area contributed by atoms with E-state index in [0.717, 1.165) is 5.56 Å². The normalized spacial score (nSPS) is 11.1. The molecule has 9 heteroatoms. The molecule has 4 rings (SSSR count). The summed E-state index contributed by atoms with van der Waals surface area (Å²) in [6.07, 6.45) is 1.55. The summed E-state index contributed by atoms with van der Waals surface area (Å²) in [5.41, 5.74) is 1.64. The molecule has 34 heavy (non-hydrogen) atoms. The van der Waals surface area contributed by atoms with Crippen molar-refractivity contribution in [2.75, 3.05) is 10.0 Å². The predicted molar refractivity (Wildman–Crippen MR) is 133 cm³/mol. The maximum Gasteiger partial charge on any atom is 0.261 e. The first-order valence-corrected chi connectivity index (χ1v) is 12.1. The lowest BCUT2D eigenvalue weighted by Gasteiger charge is -2.11. The highest BCUT2D eigenvalue weighted by atomic mass is 35.5. The number of nitrogens with zero attached hydrogens (tertiary/aromatic N) is 1. The number of amides is 1. The van der Waals surface area contributed by atoms with Crippen molar-refractivity contribution in [2.24, 2.45) is 0 Å². The summed E-state index contributed by atoms with van der Waals surface area (Å²) in [7, 11) is -3.73. The van der Waals surface area contributed by atoms with Gasteiger partial charge in [0.15, 0.2) is 0 Å². The molecule has 0 aliphatic heterocycles. The highest BCUT2D eigenvalue weighted by Crippen LogP contribution is 2.18. The Bertz CT molecular complexity index is 1480. The van der Waals surface area contributed by atoms with E-state index >= 15 is 0 Å². The number of aromatic nitrogens is 1. The van der Waals surface area contributed by atoms with Gasteiger partial charge in [0.05, 0.1) is 17.1 Å². The van der Waals surface area contributed by atoms with Crippen LogP contribution in [-0.2, 0) is 16.6 Å². The first-order valence-electron chi connectivity index (χ1n) is 10.2. The van der Waals surface area contributed by atoms with Crippen molar-refractivity contribution in [2.45, 2.75) is 11.4 Å². The van der Waals surface area contributed by atoms with Gasteiger partial charge in [0, 0.05) is 28.5 Å². The Balaban J connectivity index is 1.46. The number of hydrogen-bond acceptors (Lipinski definition) is 4. The summed E-state index contributed by atoms with van der Waals surface area (Å²) in [5.74, 6) is -0.402. The van der Waals surface area contributed by atoms with E-state index in [4.69, 9.17) is 11.6 Å². The summed E-state index contributed by atoms with van der Waals surface area (Å²) in [6, 6.07) is 24.1. The molecule has 2 N–H and O–H groups in total. The molecule has 0 radical (unpaired) electrons. The smallest absolute Gasteiger partial charge is 0.261 e. The summed E-state index contributed by atoms with van der Waals surface area (Å²) in [6.45, 7) is 0.262. The zero-order valence-electron chi connectivity index (χ0n) is 17.8. The van der Waals surface area contributed by atoms with Crippen molar-refractivity contribution in [3.05, 3.63) is 124 Å². The number of benzene rings is 3. The number of pyridine rings is 1. The number of carbonyl (C=O) groups is 1. The van der Waals surface area contributed by atoms with Crippen molar-refractivity contribution < 1.29 is 13.2 Å². The van der Waals surface area contributed by atoms with Gasteiger partial charge in [-0.05, 0) is 54.1 Å². The van der Waals surface area contributed by atoms with Crippen molar-refractivity contribution in [3.63, 3.8) is 0 Å². The minimum Gasteiger partial charge on any atom is -0.321 e. The number of rotatable bonds is 7. The summed E-state index contributed by atoms with van der Waals surface area (Å²) < 4.78 is 28.8. The molecular weight excluding hydrogens is 474 g/mol. The van der Waals surface area contributed by atoms with Gasteiger partial charge in [0.25, 0.3) is 21.5 Å². The van der Waals surface area contributed by atoms with Crippen LogP contribution in [0.15, 0.2) is 107 Å². The molecule has 0 unspecified atom stereocenters. The molecule has 0 fully saturated rings. The van der Waals surface area contributed by atoms with Crippen LogP contribution in [0.1, 0.15) is 15.9 Å². The second kappa shape index (κ2) is 9.94. The summed E-state index contributed by atoms with van der Waals surface area (Å²) >= 11 is 6.19. The summed E-state index contributed by atoms with van der Waals surface area (Å²) in [5, 5.41) is 3.30. The van der Waals surface area contributed by atoms with Gasteiger partial charge in [-0.25, -0.2) is 8.42 Å². The van der Waals surface area contributed by atoms with Crippen LogP contribution >= 0.6 is 11.6 Å². The molecule has 7 nitrogen and oxygen atoms in total. The highest BCUT2D eigenvalue weighted by molar-refractivity contribution is 7.92. The quantitative estimate of drug-likeness (QED) is 0.393. The second-order valence-electron chi connectivity index (χ2n) is 7.43. The van der Waals surface area contributed by atoms with Gasteiger partial charge in [0.1, 0.15) is 0 Å². The number of nitrogens with one attached hydrogen (secondary N) is 2. The molecule has 4 aromatic rings. The average molecular weight is 494 g/mol. The monoisotopic (exact) mass is 493 g/mol. The van der Waals surface area contributed by atoms with Gasteiger partial charge in [-0.15, -0.1) is 0 Å². The molecule has 0 saturated carbocycles. The van der Waals surface area contributed by atoms with Crippen LogP contribution in [0.5, 0.6) is 0 Å². The molecule has 0 bridgehead atoms. The van der Waals surface area contributed by atoms with Crippen LogP contribution in [0.25, 0.3) is 0 Å². The van der Waals surface area contributed by atoms with E-state index in [9.17, 15) is 18.0 Å². The number of carbonyl (C=O) groups excluding carboxylic acids is 1. The lowest BCUT2D eigenvalue weighted by atomic mass is 10.2. The van der Waals surface area contributed by atoms with E-state index in [2.05, 4.69) is 10.0 Å². The molecule has 3 aromatic carbocycles. The van der Waals surface area contributed by atoms with Crippen molar-refractivity contribution in [1.29, 1.82) is 0 Å². The van der Waals surface area contributed by atoms with Crippen LogP contribution < -0.4 is 15.6 Å². The SMILES string of the molecule is O=C(Nc1ccc(=O)n(Cc2ccccc2Cl)c1)c1ccc(NS(=O)(=O)c2ccccc2)cc1. The van der Waals surface area contributed by atoms with Crippen LogP contribution in [0.4, 0.5) is 11.4 Å². The van der Waals surface area contributed by atoms with Gasteiger partial charge >= 0.3 is 0 Å². The third kappa shape index (κ3) is 5.54. The van der Waals surface area contributed by atoms with Gasteiger partial charge in [-0.1, -0.05) is 48.0 Å². The van der Waals surface area contributed by atoms with E-state index in [-0.39, 0.29) is 17.0 Å².